The van der Waals surface area contributed by atoms with E-state index in [1.165, 1.54) is 18.3 Å². The number of nitrogens with two attached hydrogens (primary N) is 1. The quantitative estimate of drug-likeness (QED) is 0.410. The Bertz CT molecular complexity index is 1360. The first kappa shape index (κ1) is 30.3. The smallest absolute Gasteiger partial charge is 0.241 e. The minimum absolute atomic E-state index is 0.00121. The van der Waals surface area contributed by atoms with Gasteiger partial charge in [-0.1, -0.05) is 36.9 Å². The van der Waals surface area contributed by atoms with Crippen molar-refractivity contribution in [3.63, 3.8) is 0 Å². The predicted octanol–water partition coefficient (Wildman–Crippen LogP) is 4.34. The molecule has 3 heterocycles. The van der Waals surface area contributed by atoms with Crippen LogP contribution in [-0.4, -0.2) is 60.6 Å². The fraction of sp³-hybridized carbons (Fsp3) is 0.586. The lowest BCUT2D eigenvalue weighted by Crippen LogP contribution is -2.57. The average molecular weight is 610 g/mol. The maximum atomic E-state index is 15.1. The molecule has 0 radical (unpaired) electrons. The van der Waals surface area contributed by atoms with Crippen LogP contribution < -0.4 is 16.4 Å². The third kappa shape index (κ3) is 6.91. The zero-order valence-corrected chi connectivity index (χ0v) is 24.6. The Balaban J connectivity index is 1.34. The number of fused-ring (bicyclic) bond motifs is 2. The van der Waals surface area contributed by atoms with Crippen LogP contribution in [-0.2, 0) is 21.2 Å². The summed E-state index contributed by atoms with van der Waals surface area (Å²) in [4.78, 5) is 17.5. The number of carbonyl (C=O) groups excluding carboxylic acids is 1. The molecule has 8 nitrogen and oxygen atoms in total. The molecule has 3 aliphatic rings. The molecule has 5 unspecified atom stereocenters. The zero-order valence-electron chi connectivity index (χ0n) is 23.0. The highest BCUT2D eigenvalue weighted by molar-refractivity contribution is 7.89. The van der Waals surface area contributed by atoms with Gasteiger partial charge in [-0.3, -0.25) is 9.78 Å². The second-order valence-electron chi connectivity index (χ2n) is 11.6. The maximum absolute atomic E-state index is 15.1. The average Bonchev–Trinajstić information content (AvgIpc) is 3.07. The third-order valence-corrected chi connectivity index (χ3v) is 11.2. The first-order valence-corrected chi connectivity index (χ1v) is 16.5. The maximum Gasteiger partial charge on any atom is 0.241 e. The lowest BCUT2D eigenvalue weighted by Gasteiger charge is -2.37. The lowest BCUT2D eigenvalue weighted by atomic mass is 9.73. The SMILES string of the molecule is NC(C(=O)Nc1cncc(F)c1CCC1CNC2CCCS(=O)(=O)N1C2)C(c1ccc(Cl)c(F)c1)C1CCCCC1. The minimum atomic E-state index is -3.38. The summed E-state index contributed by atoms with van der Waals surface area (Å²) in [6, 6.07) is 3.34. The van der Waals surface area contributed by atoms with Crippen LogP contribution in [0.15, 0.2) is 30.6 Å². The molecule has 2 bridgehead atoms. The topological polar surface area (TPSA) is 117 Å². The molecule has 3 fully saturated rings. The van der Waals surface area contributed by atoms with Crippen molar-refractivity contribution in [1.29, 1.82) is 0 Å². The van der Waals surface area contributed by atoms with Crippen LogP contribution in [0.1, 0.15) is 68.4 Å². The molecule has 1 saturated carbocycles. The Kier molecular flexibility index (Phi) is 9.60. The minimum Gasteiger partial charge on any atom is -0.323 e. The highest BCUT2D eigenvalue weighted by Crippen LogP contribution is 2.39. The largest absolute Gasteiger partial charge is 0.323 e. The van der Waals surface area contributed by atoms with Gasteiger partial charge in [0.15, 0.2) is 0 Å². The van der Waals surface area contributed by atoms with Crippen molar-refractivity contribution >= 4 is 33.2 Å². The second-order valence-corrected chi connectivity index (χ2v) is 14.0. The highest BCUT2D eigenvalue weighted by Gasteiger charge is 2.38. The molecule has 224 valence electrons. The Morgan fingerprint density at radius 1 is 1.15 bits per heavy atom. The fourth-order valence-corrected chi connectivity index (χ4v) is 8.67. The summed E-state index contributed by atoms with van der Waals surface area (Å²) in [6.07, 6.45) is 9.35. The van der Waals surface area contributed by atoms with E-state index in [0.29, 0.717) is 31.5 Å². The van der Waals surface area contributed by atoms with Crippen molar-refractivity contribution in [3.05, 3.63) is 58.4 Å². The number of nitrogens with zero attached hydrogens (tertiary/aromatic N) is 2. The van der Waals surface area contributed by atoms with Crippen molar-refractivity contribution in [3.8, 4) is 0 Å². The van der Waals surface area contributed by atoms with Gasteiger partial charge in [0.1, 0.15) is 11.6 Å². The number of amides is 1. The standard InChI is InChI=1S/C29H38ClF2N5O3S/c30-23-11-8-19(13-24(23)31)27(18-5-2-1-3-6-18)28(33)29(38)36-26-16-34-15-25(32)22(26)10-9-21-14-35-20-7-4-12-41(39,40)37(21)17-20/h8,11,13,15-16,18,20-21,27-28,35H,1-7,9-10,12,14,17,33H2,(H,36,38). The molecule has 5 atom stereocenters. The van der Waals surface area contributed by atoms with Gasteiger partial charge >= 0.3 is 0 Å². The molecule has 4 N–H and O–H groups in total. The molecule has 1 aromatic carbocycles. The van der Waals surface area contributed by atoms with Gasteiger partial charge in [-0.05, 0) is 62.1 Å². The first-order chi connectivity index (χ1) is 19.6. The summed E-state index contributed by atoms with van der Waals surface area (Å²) >= 11 is 5.92. The number of hydrogen-bond acceptors (Lipinski definition) is 6. The number of piperazine rings is 1. The number of nitrogens with one attached hydrogen (secondary N) is 2. The summed E-state index contributed by atoms with van der Waals surface area (Å²) in [6.45, 7) is 0.905. The van der Waals surface area contributed by atoms with Gasteiger partial charge < -0.3 is 16.4 Å². The van der Waals surface area contributed by atoms with E-state index in [1.807, 2.05) is 0 Å². The van der Waals surface area contributed by atoms with Crippen LogP contribution >= 0.6 is 11.6 Å². The summed E-state index contributed by atoms with van der Waals surface area (Å²) < 4.78 is 56.8. The van der Waals surface area contributed by atoms with Crippen molar-refractivity contribution in [2.24, 2.45) is 11.7 Å². The summed E-state index contributed by atoms with van der Waals surface area (Å²) in [5.74, 6) is -1.90. The molecule has 2 saturated heterocycles. The van der Waals surface area contributed by atoms with Gasteiger partial charge in [-0.25, -0.2) is 17.2 Å². The van der Waals surface area contributed by atoms with Gasteiger partial charge in [0.2, 0.25) is 15.9 Å². The van der Waals surface area contributed by atoms with E-state index >= 15 is 4.39 Å². The van der Waals surface area contributed by atoms with Crippen LogP contribution in [0.2, 0.25) is 5.02 Å². The number of halogens is 3. The molecule has 5 rings (SSSR count). The monoisotopic (exact) mass is 609 g/mol. The number of sulfonamides is 1. The fourth-order valence-electron chi connectivity index (χ4n) is 6.74. The van der Waals surface area contributed by atoms with Crippen molar-refractivity contribution in [2.75, 3.05) is 24.2 Å². The van der Waals surface area contributed by atoms with Gasteiger partial charge in [0.05, 0.1) is 34.9 Å². The van der Waals surface area contributed by atoms with Crippen LogP contribution in [0, 0.1) is 17.6 Å². The van der Waals surface area contributed by atoms with Crippen molar-refractivity contribution in [1.82, 2.24) is 14.6 Å². The van der Waals surface area contributed by atoms with E-state index in [1.54, 1.807) is 10.4 Å². The Morgan fingerprint density at radius 3 is 2.68 bits per heavy atom. The van der Waals surface area contributed by atoms with Gasteiger partial charge in [-0.15, -0.1) is 0 Å². The van der Waals surface area contributed by atoms with Crippen molar-refractivity contribution in [2.45, 2.75) is 81.8 Å². The summed E-state index contributed by atoms with van der Waals surface area (Å²) in [5, 5.41) is 6.22. The number of aromatic nitrogens is 1. The Labute approximate surface area is 245 Å². The van der Waals surface area contributed by atoms with E-state index in [9.17, 15) is 17.6 Å². The number of benzene rings is 1. The van der Waals surface area contributed by atoms with Gasteiger partial charge in [0.25, 0.3) is 0 Å². The molecule has 1 amide bonds. The number of anilines is 1. The summed E-state index contributed by atoms with van der Waals surface area (Å²) in [5.41, 5.74) is 7.64. The number of pyridine rings is 1. The molecule has 0 spiro atoms. The van der Waals surface area contributed by atoms with E-state index in [4.69, 9.17) is 17.3 Å². The predicted molar refractivity (Wildman–Crippen MR) is 155 cm³/mol. The van der Waals surface area contributed by atoms with Crippen LogP contribution in [0.25, 0.3) is 0 Å². The molecule has 1 aromatic heterocycles. The molecule has 12 heteroatoms. The molecule has 2 aliphatic heterocycles. The number of hydrogen-bond donors (Lipinski definition) is 3. The second kappa shape index (κ2) is 13.0. The Morgan fingerprint density at radius 2 is 1.93 bits per heavy atom. The number of rotatable bonds is 8. The van der Waals surface area contributed by atoms with Crippen LogP contribution in [0.4, 0.5) is 14.5 Å². The molecule has 41 heavy (non-hydrogen) atoms. The van der Waals surface area contributed by atoms with E-state index in [2.05, 4.69) is 15.6 Å². The van der Waals surface area contributed by atoms with E-state index in [-0.39, 0.29) is 46.4 Å². The van der Waals surface area contributed by atoms with E-state index in [0.717, 1.165) is 44.7 Å². The molecule has 2 aromatic rings. The van der Waals surface area contributed by atoms with Gasteiger partial charge in [-0.2, -0.15) is 4.31 Å². The lowest BCUT2D eigenvalue weighted by molar-refractivity contribution is -0.118. The first-order valence-electron chi connectivity index (χ1n) is 14.5. The Hall–Kier alpha value is -2.18. The molecular formula is C29H38ClF2N5O3S. The number of carbonyl (C=O) groups is 1. The molecule has 1 aliphatic carbocycles. The van der Waals surface area contributed by atoms with Gasteiger partial charge in [0, 0.05) is 36.7 Å². The van der Waals surface area contributed by atoms with Crippen LogP contribution in [0.3, 0.4) is 0 Å². The normalized spacial score (nSPS) is 26.1. The zero-order chi connectivity index (χ0) is 29.1. The highest BCUT2D eigenvalue weighted by atomic mass is 35.5. The summed E-state index contributed by atoms with van der Waals surface area (Å²) in [7, 11) is -3.38. The van der Waals surface area contributed by atoms with E-state index < -0.39 is 39.5 Å². The van der Waals surface area contributed by atoms with Crippen LogP contribution in [0.5, 0.6) is 0 Å². The van der Waals surface area contributed by atoms with Crippen molar-refractivity contribution < 1.29 is 22.0 Å². The third-order valence-electron chi connectivity index (χ3n) is 8.93. The molecular weight excluding hydrogens is 572 g/mol.